The van der Waals surface area contributed by atoms with Gasteiger partial charge in [0.25, 0.3) is 16.1 Å². The number of aliphatic imine (C=N–C) groups is 2. The number of azo groups is 2. The zero-order valence-corrected chi connectivity index (χ0v) is 29.7. The third-order valence-corrected chi connectivity index (χ3v) is 8.39. The molecule has 286 valence electrons. The number of phenols is 2. The van der Waals surface area contributed by atoms with Gasteiger partial charge in [-0.05, 0) is 97.4 Å². The summed E-state index contributed by atoms with van der Waals surface area (Å²) in [6.45, 7) is 1.63. The average molecular weight is 784 g/mol. The van der Waals surface area contributed by atoms with E-state index in [0.29, 0.717) is 16.9 Å². The van der Waals surface area contributed by atoms with Gasteiger partial charge in [-0.15, -0.1) is 0 Å². The van der Waals surface area contributed by atoms with Gasteiger partial charge in [-0.3, -0.25) is 4.55 Å². The van der Waals surface area contributed by atoms with Crippen molar-refractivity contribution >= 4 is 73.8 Å². The van der Waals surface area contributed by atoms with Gasteiger partial charge in [-0.2, -0.15) is 33.9 Å². The lowest BCUT2D eigenvalue weighted by Gasteiger charge is -2.09. The molecule has 0 radical (unpaired) electrons. The van der Waals surface area contributed by atoms with Gasteiger partial charge in [0.05, 0.1) is 35.5 Å². The van der Waals surface area contributed by atoms with Crippen molar-refractivity contribution in [3.63, 3.8) is 0 Å². The Morgan fingerprint density at radius 3 is 1.98 bits per heavy atom. The fourth-order valence-electron chi connectivity index (χ4n) is 4.80. The summed E-state index contributed by atoms with van der Waals surface area (Å²) in [5, 5.41) is 78.3. The fourth-order valence-corrected chi connectivity index (χ4v) is 5.42. The highest BCUT2D eigenvalue weighted by molar-refractivity contribution is 7.86. The van der Waals surface area contributed by atoms with Crippen LogP contribution >= 0.6 is 0 Å². The molecule has 20 heteroatoms. The monoisotopic (exact) mass is 783 g/mol. The minimum atomic E-state index is -5.02. The van der Waals surface area contributed by atoms with Crippen LogP contribution in [0.1, 0.15) is 31.8 Å². The van der Waals surface area contributed by atoms with Crippen LogP contribution in [-0.4, -0.2) is 74.6 Å². The summed E-state index contributed by atoms with van der Waals surface area (Å²) in [6.07, 6.45) is 0. The minimum absolute atomic E-state index is 0.0783. The van der Waals surface area contributed by atoms with E-state index in [4.69, 9.17) is 9.84 Å². The van der Waals surface area contributed by atoms with Crippen molar-refractivity contribution in [2.24, 2.45) is 30.4 Å². The van der Waals surface area contributed by atoms with E-state index in [2.05, 4.69) is 35.8 Å². The van der Waals surface area contributed by atoms with Crippen LogP contribution in [0.2, 0.25) is 0 Å². The molecule has 0 aliphatic carbocycles. The Morgan fingerprint density at radius 1 is 0.679 bits per heavy atom. The summed E-state index contributed by atoms with van der Waals surface area (Å²) in [4.78, 5) is 30.0. The Bertz CT molecular complexity index is 2590. The summed E-state index contributed by atoms with van der Waals surface area (Å²) >= 11 is 0. The molecule has 0 aliphatic heterocycles. The summed E-state index contributed by atoms with van der Waals surface area (Å²) < 4.78 is 38.3. The van der Waals surface area contributed by atoms with E-state index >= 15 is 0 Å². The standard InChI is InChI=1S/C36H29N7O12S/c1-18-12-30(55-2)28(17-27(18)43-42-24-15-26(35(49)50)32(45)31(16-24)56(52,53)54)39-33(46)19-4-3-5-22(13-19)38-36(51)37-20-6-8-21(9-7-20)40-41-23-10-11-29(44)25(14-23)34(47)48/h3-17,44-45H,1-2H3,(H,39,46)(H,47,48)(H,49,50)(H2,37,38,51)(H,52,53,54). The molecule has 5 aromatic carbocycles. The van der Waals surface area contributed by atoms with E-state index in [1.54, 1.807) is 43.3 Å². The Labute approximate surface area is 316 Å². The van der Waals surface area contributed by atoms with Crippen LogP contribution in [0.4, 0.5) is 39.8 Å². The summed E-state index contributed by atoms with van der Waals surface area (Å²) in [5.74, 6) is -4.84. The van der Waals surface area contributed by atoms with Gasteiger partial charge < -0.3 is 40.7 Å². The number of carboxylic acids is 2. The third-order valence-electron chi connectivity index (χ3n) is 7.52. The first-order chi connectivity index (χ1) is 26.5. The maximum absolute atomic E-state index is 11.7. The largest absolute Gasteiger partial charge is 0.507 e. The Kier molecular flexibility index (Phi) is 11.7. The zero-order valence-electron chi connectivity index (χ0n) is 28.9. The van der Waals surface area contributed by atoms with Gasteiger partial charge in [0.15, 0.2) is 5.75 Å². The quantitative estimate of drug-likeness (QED) is 0.0256. The lowest BCUT2D eigenvalue weighted by molar-refractivity contribution is 0.0682. The highest BCUT2D eigenvalue weighted by atomic mass is 32.2. The number of nitrogens with one attached hydrogen (secondary N) is 1. The molecule has 0 saturated carbocycles. The van der Waals surface area contributed by atoms with Crippen LogP contribution in [0.3, 0.4) is 0 Å². The van der Waals surface area contributed by atoms with E-state index in [0.717, 1.165) is 12.1 Å². The molecule has 0 atom stereocenters. The molecule has 0 saturated heterocycles. The van der Waals surface area contributed by atoms with Crippen LogP contribution in [0.5, 0.6) is 17.2 Å². The fraction of sp³-hybridized carbons (Fsp3) is 0.0556. The molecule has 0 fully saturated rings. The van der Waals surface area contributed by atoms with Crippen molar-refractivity contribution in [3.05, 3.63) is 113 Å². The molecule has 0 spiro atoms. The first-order valence-corrected chi connectivity index (χ1v) is 17.2. The maximum atomic E-state index is 11.7. The highest BCUT2D eigenvalue weighted by Gasteiger charge is 2.23. The number of ether oxygens (including phenoxy) is 1. The van der Waals surface area contributed by atoms with Crippen molar-refractivity contribution in [1.29, 1.82) is 0 Å². The van der Waals surface area contributed by atoms with Gasteiger partial charge in [-0.25, -0.2) is 14.6 Å². The van der Waals surface area contributed by atoms with Crippen LogP contribution in [-0.2, 0) is 10.1 Å². The molecular formula is C36H29N7O12S. The molecule has 8 N–H and O–H groups in total. The predicted octanol–water partition coefficient (Wildman–Crippen LogP) is 8.18. The average Bonchev–Trinajstić information content (AvgIpc) is 3.14. The van der Waals surface area contributed by atoms with Gasteiger partial charge in [0, 0.05) is 11.3 Å². The number of aromatic carboxylic acids is 2. The number of methoxy groups -OCH3 is 1. The summed E-state index contributed by atoms with van der Waals surface area (Å²) in [6, 6.07) is 20.1. The van der Waals surface area contributed by atoms with Crippen molar-refractivity contribution in [2.45, 2.75) is 11.8 Å². The molecule has 56 heavy (non-hydrogen) atoms. The van der Waals surface area contributed by atoms with Gasteiger partial charge >= 0.3 is 11.9 Å². The van der Waals surface area contributed by atoms with Crippen LogP contribution in [0.15, 0.2) is 126 Å². The maximum Gasteiger partial charge on any atom is 0.339 e. The molecule has 0 heterocycles. The summed E-state index contributed by atoms with van der Waals surface area (Å²) in [7, 11) is -3.66. The van der Waals surface area contributed by atoms with E-state index in [9.17, 15) is 48.1 Å². The van der Waals surface area contributed by atoms with Crippen molar-refractivity contribution in [2.75, 3.05) is 12.4 Å². The van der Waals surface area contributed by atoms with Crippen molar-refractivity contribution in [3.8, 4) is 17.2 Å². The molecule has 0 amide bonds. The zero-order chi connectivity index (χ0) is 40.7. The van der Waals surface area contributed by atoms with Crippen molar-refractivity contribution < 1.29 is 57.9 Å². The minimum Gasteiger partial charge on any atom is -0.507 e. The normalized spacial score (nSPS) is 12.3. The Morgan fingerprint density at radius 2 is 1.32 bits per heavy atom. The smallest absolute Gasteiger partial charge is 0.339 e. The number of carboxylic acid groups (broad SMARTS) is 2. The van der Waals surface area contributed by atoms with Gasteiger partial charge in [0.1, 0.15) is 33.2 Å². The van der Waals surface area contributed by atoms with E-state index < -0.39 is 55.9 Å². The number of nitrogens with zero attached hydrogens (tertiary/aromatic N) is 6. The number of amidine groups is 1. The topological polar surface area (TPSA) is 305 Å². The van der Waals surface area contributed by atoms with Crippen molar-refractivity contribution in [1.82, 2.24) is 0 Å². The number of aromatic hydroxyl groups is 2. The molecule has 0 bridgehead atoms. The number of anilines is 1. The lowest BCUT2D eigenvalue weighted by Crippen LogP contribution is -2.10. The molecule has 5 rings (SSSR count). The number of benzene rings is 5. The number of hydrogen-bond acceptors (Lipinski definition) is 13. The first-order valence-electron chi connectivity index (χ1n) is 15.7. The second kappa shape index (κ2) is 16.5. The second-order valence-corrected chi connectivity index (χ2v) is 12.8. The number of hydrogen-bond donors (Lipinski definition) is 8. The number of aliphatic hydroxyl groups is 2. The molecule has 0 aliphatic rings. The SMILES string of the molecule is COc1cc(C)c(N=Nc2cc(C(=O)O)c(O)c(S(=O)(=O)O)c2)cc1N=C(O)c1cccc(N=C(O)Nc2ccc(N=Nc3ccc(O)c(C(=O)O)c3)cc2)c1. The third kappa shape index (κ3) is 9.63. The number of aliphatic hydroxyl groups excluding tert-OH is 2. The molecule has 5 aromatic rings. The lowest BCUT2D eigenvalue weighted by atomic mass is 10.1. The van der Waals surface area contributed by atoms with Gasteiger partial charge in [0.2, 0.25) is 5.90 Å². The number of rotatable bonds is 12. The Balaban J connectivity index is 1.33. The van der Waals surface area contributed by atoms with E-state index in [1.165, 1.54) is 49.6 Å². The van der Waals surface area contributed by atoms with Crippen LogP contribution in [0, 0.1) is 6.92 Å². The first kappa shape index (κ1) is 39.5. The van der Waals surface area contributed by atoms with E-state index in [1.807, 2.05) is 0 Å². The number of carbonyl (C=O) groups is 2. The molecule has 0 aromatic heterocycles. The molecular weight excluding hydrogens is 754 g/mol. The summed E-state index contributed by atoms with van der Waals surface area (Å²) in [5.41, 5.74) is 0.676. The molecule has 19 nitrogen and oxygen atoms in total. The highest BCUT2D eigenvalue weighted by Crippen LogP contribution is 2.37. The van der Waals surface area contributed by atoms with Crippen LogP contribution < -0.4 is 10.1 Å². The van der Waals surface area contributed by atoms with Crippen LogP contribution in [0.25, 0.3) is 0 Å². The van der Waals surface area contributed by atoms with Gasteiger partial charge in [-0.1, -0.05) is 6.07 Å². The second-order valence-electron chi connectivity index (χ2n) is 11.4. The number of aryl methyl sites for hydroxylation is 1. The Hall–Kier alpha value is -7.71. The molecule has 0 unspecified atom stereocenters. The van der Waals surface area contributed by atoms with E-state index in [-0.39, 0.29) is 45.3 Å². The predicted molar refractivity (Wildman–Crippen MR) is 201 cm³/mol.